The third-order valence-electron chi connectivity index (χ3n) is 5.93. The molecule has 166 valence electrons. The van der Waals surface area contributed by atoms with E-state index in [9.17, 15) is 13.6 Å². The minimum Gasteiger partial charge on any atom is -0.347 e. The summed E-state index contributed by atoms with van der Waals surface area (Å²) in [6.45, 7) is 2.16. The van der Waals surface area contributed by atoms with Crippen LogP contribution in [0.1, 0.15) is 35.7 Å². The Bertz CT molecular complexity index is 1030. The molecule has 4 rings (SSSR count). The predicted molar refractivity (Wildman–Crippen MR) is 120 cm³/mol. The lowest BCUT2D eigenvalue weighted by atomic mass is 9.88. The Morgan fingerprint density at radius 1 is 1.03 bits per heavy atom. The van der Waals surface area contributed by atoms with Crippen molar-refractivity contribution in [1.82, 2.24) is 15.2 Å². The van der Waals surface area contributed by atoms with Crippen LogP contribution in [0.4, 0.5) is 8.78 Å². The average Bonchev–Trinajstić information content (AvgIpc) is 2.81. The minimum atomic E-state index is -0.832. The number of likely N-dealkylation sites (tertiary alicyclic amines) is 1. The SMILES string of the molecule is O=C(Cc1ccccc1)N[C@H](c1ccccn1)[C@@H]1CCCN(Cc2ccc(F)c(F)c2)C1. The first kappa shape index (κ1) is 22.1. The van der Waals surface area contributed by atoms with Crippen LogP contribution in [0.5, 0.6) is 0 Å². The van der Waals surface area contributed by atoms with Crippen LogP contribution in [-0.2, 0) is 17.8 Å². The van der Waals surface area contributed by atoms with Crippen molar-refractivity contribution in [1.29, 1.82) is 0 Å². The van der Waals surface area contributed by atoms with Crippen molar-refractivity contribution in [3.63, 3.8) is 0 Å². The molecule has 2 aromatic carbocycles. The molecule has 0 unspecified atom stereocenters. The number of halogens is 2. The number of nitrogens with one attached hydrogen (secondary N) is 1. The van der Waals surface area contributed by atoms with E-state index in [1.807, 2.05) is 48.5 Å². The highest BCUT2D eigenvalue weighted by Gasteiger charge is 2.30. The van der Waals surface area contributed by atoms with Gasteiger partial charge in [-0.15, -0.1) is 0 Å². The summed E-state index contributed by atoms with van der Waals surface area (Å²) in [5.41, 5.74) is 2.55. The first-order chi connectivity index (χ1) is 15.6. The van der Waals surface area contributed by atoms with Gasteiger partial charge in [0.15, 0.2) is 11.6 Å². The van der Waals surface area contributed by atoms with Crippen LogP contribution in [0.2, 0.25) is 0 Å². The van der Waals surface area contributed by atoms with E-state index in [0.29, 0.717) is 13.0 Å². The molecule has 0 radical (unpaired) electrons. The Kier molecular flexibility index (Phi) is 7.22. The van der Waals surface area contributed by atoms with E-state index in [-0.39, 0.29) is 17.9 Å². The van der Waals surface area contributed by atoms with Crippen molar-refractivity contribution in [2.75, 3.05) is 13.1 Å². The summed E-state index contributed by atoms with van der Waals surface area (Å²) < 4.78 is 26.9. The van der Waals surface area contributed by atoms with Crippen molar-refractivity contribution in [2.45, 2.75) is 31.8 Å². The van der Waals surface area contributed by atoms with E-state index < -0.39 is 11.6 Å². The monoisotopic (exact) mass is 435 g/mol. The van der Waals surface area contributed by atoms with Crippen LogP contribution in [0.15, 0.2) is 72.9 Å². The van der Waals surface area contributed by atoms with Gasteiger partial charge in [0.05, 0.1) is 18.2 Å². The molecule has 4 nitrogen and oxygen atoms in total. The van der Waals surface area contributed by atoms with Crippen molar-refractivity contribution in [3.8, 4) is 0 Å². The fourth-order valence-corrected chi connectivity index (χ4v) is 4.40. The Hall–Kier alpha value is -3.12. The van der Waals surface area contributed by atoms with Gasteiger partial charge < -0.3 is 5.32 Å². The number of pyridine rings is 1. The standard InChI is InChI=1S/C26H27F2N3O/c27-22-12-11-20(15-23(22)28)17-31-14-6-9-21(18-31)26(24-10-4-5-13-29-24)30-25(32)16-19-7-2-1-3-8-19/h1-5,7-8,10-13,15,21,26H,6,9,14,16-18H2,(H,30,32)/t21-,26+/m1/s1. The molecular weight excluding hydrogens is 408 g/mol. The Labute approximate surface area is 187 Å². The first-order valence-electron chi connectivity index (χ1n) is 11.0. The average molecular weight is 436 g/mol. The summed E-state index contributed by atoms with van der Waals surface area (Å²) in [4.78, 5) is 19.6. The molecule has 0 bridgehead atoms. The molecule has 0 aliphatic carbocycles. The van der Waals surface area contributed by atoms with Crippen LogP contribution in [-0.4, -0.2) is 28.9 Å². The molecule has 1 saturated heterocycles. The van der Waals surface area contributed by atoms with Gasteiger partial charge in [-0.1, -0.05) is 42.5 Å². The summed E-state index contributed by atoms with van der Waals surface area (Å²) in [7, 11) is 0. The van der Waals surface area contributed by atoms with E-state index in [2.05, 4.69) is 15.2 Å². The molecule has 1 N–H and O–H groups in total. The lowest BCUT2D eigenvalue weighted by Gasteiger charge is -2.37. The van der Waals surface area contributed by atoms with Gasteiger partial charge in [0.25, 0.3) is 0 Å². The third kappa shape index (κ3) is 5.77. The van der Waals surface area contributed by atoms with Gasteiger partial charge in [-0.3, -0.25) is 14.7 Å². The number of aromatic nitrogens is 1. The number of rotatable bonds is 7. The van der Waals surface area contributed by atoms with Gasteiger partial charge in [0.2, 0.25) is 5.91 Å². The molecule has 2 atom stereocenters. The number of nitrogens with zero attached hydrogens (tertiary/aromatic N) is 2. The number of carbonyl (C=O) groups excluding carboxylic acids is 1. The molecule has 0 spiro atoms. The summed E-state index contributed by atoms with van der Waals surface area (Å²) in [6, 6.07) is 19.3. The second-order valence-electron chi connectivity index (χ2n) is 8.35. The summed E-state index contributed by atoms with van der Waals surface area (Å²) >= 11 is 0. The van der Waals surface area contributed by atoms with Gasteiger partial charge >= 0.3 is 0 Å². The van der Waals surface area contributed by atoms with Gasteiger partial charge in [0, 0.05) is 19.3 Å². The van der Waals surface area contributed by atoms with E-state index in [0.717, 1.165) is 42.8 Å². The van der Waals surface area contributed by atoms with Crippen LogP contribution >= 0.6 is 0 Å². The number of hydrogen-bond acceptors (Lipinski definition) is 3. The number of piperidine rings is 1. The van der Waals surface area contributed by atoms with E-state index in [4.69, 9.17) is 0 Å². The van der Waals surface area contributed by atoms with Gasteiger partial charge in [-0.25, -0.2) is 8.78 Å². The van der Waals surface area contributed by atoms with E-state index in [1.165, 1.54) is 12.1 Å². The molecule has 1 aliphatic heterocycles. The van der Waals surface area contributed by atoms with E-state index in [1.54, 1.807) is 12.3 Å². The van der Waals surface area contributed by atoms with Crippen LogP contribution in [0, 0.1) is 17.6 Å². The quantitative estimate of drug-likeness (QED) is 0.587. The van der Waals surface area contributed by atoms with Crippen molar-refractivity contribution >= 4 is 5.91 Å². The molecule has 1 aliphatic rings. The predicted octanol–water partition coefficient (Wildman–Crippen LogP) is 4.67. The maximum absolute atomic E-state index is 13.6. The maximum atomic E-state index is 13.6. The van der Waals surface area contributed by atoms with Crippen molar-refractivity contribution in [3.05, 3.63) is 101 Å². The molecule has 2 heterocycles. The lowest BCUT2D eigenvalue weighted by Crippen LogP contribution is -2.43. The number of benzene rings is 2. The molecule has 32 heavy (non-hydrogen) atoms. The molecular formula is C26H27F2N3O. The molecule has 1 amide bonds. The Morgan fingerprint density at radius 3 is 2.59 bits per heavy atom. The van der Waals surface area contributed by atoms with Crippen LogP contribution in [0.3, 0.4) is 0 Å². The molecule has 6 heteroatoms. The molecule has 1 fully saturated rings. The topological polar surface area (TPSA) is 45.2 Å². The first-order valence-corrected chi connectivity index (χ1v) is 11.0. The Morgan fingerprint density at radius 2 is 1.84 bits per heavy atom. The van der Waals surface area contributed by atoms with Crippen LogP contribution in [0.25, 0.3) is 0 Å². The highest BCUT2D eigenvalue weighted by molar-refractivity contribution is 5.79. The summed E-state index contributed by atoms with van der Waals surface area (Å²) in [5, 5.41) is 3.21. The zero-order chi connectivity index (χ0) is 22.3. The summed E-state index contributed by atoms with van der Waals surface area (Å²) in [5.74, 6) is -1.52. The normalized spacial score (nSPS) is 17.6. The van der Waals surface area contributed by atoms with Gasteiger partial charge in [0.1, 0.15) is 0 Å². The number of carbonyl (C=O) groups is 1. The number of hydrogen-bond donors (Lipinski definition) is 1. The minimum absolute atomic E-state index is 0.0374. The molecule has 0 saturated carbocycles. The zero-order valence-corrected chi connectivity index (χ0v) is 17.9. The van der Waals surface area contributed by atoms with E-state index >= 15 is 0 Å². The number of amides is 1. The largest absolute Gasteiger partial charge is 0.347 e. The highest BCUT2D eigenvalue weighted by atomic mass is 19.2. The maximum Gasteiger partial charge on any atom is 0.224 e. The fraction of sp³-hybridized carbons (Fsp3) is 0.308. The van der Waals surface area contributed by atoms with Crippen molar-refractivity contribution < 1.29 is 13.6 Å². The third-order valence-corrected chi connectivity index (χ3v) is 5.93. The van der Waals surface area contributed by atoms with Crippen molar-refractivity contribution in [2.24, 2.45) is 5.92 Å². The lowest BCUT2D eigenvalue weighted by molar-refractivity contribution is -0.121. The van der Waals surface area contributed by atoms with Crippen LogP contribution < -0.4 is 5.32 Å². The Balaban J connectivity index is 1.47. The second-order valence-corrected chi connectivity index (χ2v) is 8.35. The second kappa shape index (κ2) is 10.5. The smallest absolute Gasteiger partial charge is 0.224 e. The zero-order valence-electron chi connectivity index (χ0n) is 17.9. The highest BCUT2D eigenvalue weighted by Crippen LogP contribution is 2.30. The summed E-state index contributed by atoms with van der Waals surface area (Å²) in [6.07, 6.45) is 3.98. The fourth-order valence-electron chi connectivity index (χ4n) is 4.40. The molecule has 3 aromatic rings. The molecule has 1 aromatic heterocycles. The van der Waals surface area contributed by atoms with Gasteiger partial charge in [-0.2, -0.15) is 0 Å². The van der Waals surface area contributed by atoms with Gasteiger partial charge in [-0.05, 0) is 60.7 Å².